The standard InChI is InChI=1S/C13H15BrO5/c1-18-8-6-7(15)9(10(14)11(8)19-2)13(12(16)17)4-3-5-13/h6,15H,3-5H2,1-2H3,(H,16,17). The third kappa shape index (κ3) is 1.94. The van der Waals surface area contributed by atoms with E-state index in [1.54, 1.807) is 0 Å². The molecule has 0 aromatic heterocycles. The Balaban J connectivity index is 2.67. The van der Waals surface area contributed by atoms with Gasteiger partial charge in [-0.25, -0.2) is 0 Å². The summed E-state index contributed by atoms with van der Waals surface area (Å²) >= 11 is 3.33. The van der Waals surface area contributed by atoms with Gasteiger partial charge < -0.3 is 19.7 Å². The van der Waals surface area contributed by atoms with E-state index >= 15 is 0 Å². The number of benzene rings is 1. The highest BCUT2D eigenvalue weighted by Gasteiger charge is 2.49. The molecule has 6 heteroatoms. The Labute approximate surface area is 119 Å². The summed E-state index contributed by atoms with van der Waals surface area (Å²) in [5, 5.41) is 19.6. The van der Waals surface area contributed by atoms with Crippen molar-refractivity contribution in [2.24, 2.45) is 0 Å². The van der Waals surface area contributed by atoms with Crippen LogP contribution in [0.25, 0.3) is 0 Å². The van der Waals surface area contributed by atoms with Crippen molar-refractivity contribution in [1.29, 1.82) is 0 Å². The van der Waals surface area contributed by atoms with Crippen LogP contribution in [0, 0.1) is 0 Å². The van der Waals surface area contributed by atoms with Gasteiger partial charge in [-0.1, -0.05) is 6.42 Å². The van der Waals surface area contributed by atoms with Crippen LogP contribution in [-0.4, -0.2) is 30.4 Å². The van der Waals surface area contributed by atoms with Crippen molar-refractivity contribution in [3.63, 3.8) is 0 Å². The lowest BCUT2D eigenvalue weighted by atomic mass is 9.64. The summed E-state index contributed by atoms with van der Waals surface area (Å²) in [5.74, 6) is -0.271. The molecule has 2 N–H and O–H groups in total. The van der Waals surface area contributed by atoms with E-state index in [1.807, 2.05) is 0 Å². The van der Waals surface area contributed by atoms with E-state index in [0.29, 0.717) is 34.4 Å². The van der Waals surface area contributed by atoms with Gasteiger partial charge in [0.2, 0.25) is 0 Å². The molecule has 0 atom stereocenters. The fourth-order valence-corrected chi connectivity index (χ4v) is 3.43. The lowest BCUT2D eigenvalue weighted by Gasteiger charge is -2.39. The molecule has 0 amide bonds. The fraction of sp³-hybridized carbons (Fsp3) is 0.462. The van der Waals surface area contributed by atoms with Gasteiger partial charge >= 0.3 is 5.97 Å². The first kappa shape index (κ1) is 14.0. The van der Waals surface area contributed by atoms with E-state index in [4.69, 9.17) is 9.47 Å². The van der Waals surface area contributed by atoms with Crippen LogP contribution in [0.2, 0.25) is 0 Å². The molecule has 0 radical (unpaired) electrons. The van der Waals surface area contributed by atoms with Crippen LogP contribution in [-0.2, 0) is 10.2 Å². The Kier molecular flexibility index (Phi) is 3.62. The van der Waals surface area contributed by atoms with Gasteiger partial charge in [-0.2, -0.15) is 0 Å². The minimum absolute atomic E-state index is 0.0911. The lowest BCUT2D eigenvalue weighted by Crippen LogP contribution is -2.42. The highest BCUT2D eigenvalue weighted by atomic mass is 79.9. The van der Waals surface area contributed by atoms with Gasteiger partial charge in [0.15, 0.2) is 11.5 Å². The van der Waals surface area contributed by atoms with E-state index < -0.39 is 11.4 Å². The van der Waals surface area contributed by atoms with Gasteiger partial charge in [0, 0.05) is 11.6 Å². The zero-order chi connectivity index (χ0) is 14.2. The molecule has 1 aromatic rings. The molecular formula is C13H15BrO5. The highest BCUT2D eigenvalue weighted by molar-refractivity contribution is 9.10. The quantitative estimate of drug-likeness (QED) is 0.887. The maximum absolute atomic E-state index is 11.6. The monoisotopic (exact) mass is 330 g/mol. The molecule has 0 aliphatic heterocycles. The number of halogens is 1. The number of hydrogen-bond donors (Lipinski definition) is 2. The Morgan fingerprint density at radius 1 is 1.37 bits per heavy atom. The summed E-state index contributed by atoms with van der Waals surface area (Å²) in [6, 6.07) is 1.39. The Hall–Kier alpha value is -1.43. The van der Waals surface area contributed by atoms with Crippen LogP contribution in [0.4, 0.5) is 0 Å². The van der Waals surface area contributed by atoms with Crippen molar-refractivity contribution >= 4 is 21.9 Å². The topological polar surface area (TPSA) is 76.0 Å². The van der Waals surface area contributed by atoms with Crippen molar-refractivity contribution < 1.29 is 24.5 Å². The number of carboxylic acids is 1. The molecule has 0 saturated heterocycles. The summed E-state index contributed by atoms with van der Waals surface area (Å²) in [5.41, 5.74) is -0.674. The molecule has 0 spiro atoms. The third-order valence-electron chi connectivity index (χ3n) is 3.69. The number of aliphatic carboxylic acids is 1. The van der Waals surface area contributed by atoms with Gasteiger partial charge in [0.1, 0.15) is 5.75 Å². The smallest absolute Gasteiger partial charge is 0.314 e. The van der Waals surface area contributed by atoms with E-state index in [1.165, 1.54) is 20.3 Å². The lowest BCUT2D eigenvalue weighted by molar-refractivity contribution is -0.147. The molecule has 0 bridgehead atoms. The van der Waals surface area contributed by atoms with Crippen molar-refractivity contribution in [1.82, 2.24) is 0 Å². The summed E-state index contributed by atoms with van der Waals surface area (Å²) in [7, 11) is 2.93. The number of carbonyl (C=O) groups is 1. The molecule has 19 heavy (non-hydrogen) atoms. The number of aromatic hydroxyl groups is 1. The molecular weight excluding hydrogens is 316 g/mol. The first-order valence-corrected chi connectivity index (χ1v) is 6.64. The molecule has 1 fully saturated rings. The molecule has 1 aliphatic rings. The maximum atomic E-state index is 11.6. The van der Waals surface area contributed by atoms with Crippen molar-refractivity contribution in [3.05, 3.63) is 16.1 Å². The van der Waals surface area contributed by atoms with Crippen LogP contribution in [0.15, 0.2) is 10.5 Å². The minimum Gasteiger partial charge on any atom is -0.507 e. The maximum Gasteiger partial charge on any atom is 0.314 e. The van der Waals surface area contributed by atoms with Gasteiger partial charge in [-0.05, 0) is 28.8 Å². The van der Waals surface area contributed by atoms with Crippen molar-refractivity contribution in [3.8, 4) is 17.2 Å². The van der Waals surface area contributed by atoms with Gasteiger partial charge in [-0.3, -0.25) is 4.79 Å². The number of rotatable bonds is 4. The molecule has 0 unspecified atom stereocenters. The summed E-state index contributed by atoms with van der Waals surface area (Å²) in [4.78, 5) is 11.6. The third-order valence-corrected chi connectivity index (χ3v) is 4.44. The average Bonchev–Trinajstić information content (AvgIpc) is 2.30. The number of hydrogen-bond acceptors (Lipinski definition) is 4. The second-order valence-corrected chi connectivity index (χ2v) is 5.35. The van der Waals surface area contributed by atoms with Gasteiger partial charge in [-0.15, -0.1) is 0 Å². The average molecular weight is 331 g/mol. The van der Waals surface area contributed by atoms with Gasteiger partial charge in [0.05, 0.1) is 24.1 Å². The summed E-state index contributed by atoms with van der Waals surface area (Å²) < 4.78 is 10.8. The van der Waals surface area contributed by atoms with E-state index in [-0.39, 0.29) is 5.75 Å². The first-order chi connectivity index (χ1) is 8.97. The van der Waals surface area contributed by atoms with Crippen molar-refractivity contribution in [2.45, 2.75) is 24.7 Å². The molecule has 5 nitrogen and oxygen atoms in total. The molecule has 1 aliphatic carbocycles. The first-order valence-electron chi connectivity index (χ1n) is 5.85. The fourth-order valence-electron chi connectivity index (χ4n) is 2.49. The van der Waals surface area contributed by atoms with Crippen LogP contribution in [0.5, 0.6) is 17.2 Å². The molecule has 0 heterocycles. The summed E-state index contributed by atoms with van der Waals surface area (Å²) in [6.07, 6.45) is 1.83. The number of methoxy groups -OCH3 is 2. The second kappa shape index (κ2) is 4.92. The molecule has 2 rings (SSSR count). The number of phenols is 1. The van der Waals surface area contributed by atoms with Crippen molar-refractivity contribution in [2.75, 3.05) is 14.2 Å². The van der Waals surface area contributed by atoms with Gasteiger partial charge in [0.25, 0.3) is 0 Å². The van der Waals surface area contributed by atoms with Crippen LogP contribution < -0.4 is 9.47 Å². The number of phenolic OH excluding ortho intramolecular Hbond substituents is 1. The van der Waals surface area contributed by atoms with Crippen LogP contribution >= 0.6 is 15.9 Å². The SMILES string of the molecule is COc1cc(O)c(C2(C(=O)O)CCC2)c(Br)c1OC. The van der Waals surface area contributed by atoms with E-state index in [2.05, 4.69) is 15.9 Å². The predicted molar refractivity (Wildman–Crippen MR) is 72.1 cm³/mol. The number of ether oxygens (including phenoxy) is 2. The Bertz CT molecular complexity index is 522. The Morgan fingerprint density at radius 3 is 2.37 bits per heavy atom. The van der Waals surface area contributed by atoms with E-state index in [0.717, 1.165) is 6.42 Å². The molecule has 1 aromatic carbocycles. The second-order valence-electron chi connectivity index (χ2n) is 4.56. The van der Waals surface area contributed by atoms with Crippen LogP contribution in [0.3, 0.4) is 0 Å². The normalized spacial score (nSPS) is 16.6. The minimum atomic E-state index is -1.04. The number of carboxylic acid groups (broad SMARTS) is 1. The zero-order valence-electron chi connectivity index (χ0n) is 10.7. The Morgan fingerprint density at radius 2 is 2.00 bits per heavy atom. The molecule has 104 valence electrons. The zero-order valence-corrected chi connectivity index (χ0v) is 12.3. The highest BCUT2D eigenvalue weighted by Crippen LogP contribution is 2.54. The largest absolute Gasteiger partial charge is 0.507 e. The molecule has 1 saturated carbocycles. The predicted octanol–water partition coefficient (Wildman–Crippen LogP) is 2.68. The summed E-state index contributed by atoms with van der Waals surface area (Å²) in [6.45, 7) is 0. The van der Waals surface area contributed by atoms with Crippen LogP contribution in [0.1, 0.15) is 24.8 Å². The van der Waals surface area contributed by atoms with E-state index in [9.17, 15) is 15.0 Å².